The van der Waals surface area contributed by atoms with Gasteiger partial charge in [0.2, 0.25) is 0 Å². The summed E-state index contributed by atoms with van der Waals surface area (Å²) in [6, 6.07) is 8.35. The van der Waals surface area contributed by atoms with Crippen LogP contribution in [0.5, 0.6) is 0 Å². The highest BCUT2D eigenvalue weighted by Crippen LogP contribution is 2.16. The van der Waals surface area contributed by atoms with Crippen molar-refractivity contribution in [3.8, 4) is 0 Å². The highest BCUT2D eigenvalue weighted by atomic mass is 16.5. The summed E-state index contributed by atoms with van der Waals surface area (Å²) in [4.78, 5) is 10.9. The van der Waals surface area contributed by atoms with E-state index < -0.39 is 0 Å². The van der Waals surface area contributed by atoms with Gasteiger partial charge in [-0.3, -0.25) is 4.79 Å². The molecular formula is C16H22O2. The molecule has 2 heteroatoms. The zero-order chi connectivity index (χ0) is 13.4. The minimum absolute atomic E-state index is 0.222. The van der Waals surface area contributed by atoms with Gasteiger partial charge in [-0.05, 0) is 29.5 Å². The zero-order valence-corrected chi connectivity index (χ0v) is 11.5. The summed E-state index contributed by atoms with van der Waals surface area (Å²) in [6.07, 6.45) is 5.19. The minimum Gasteiger partial charge on any atom is -0.461 e. The van der Waals surface area contributed by atoms with E-state index in [9.17, 15) is 4.79 Å². The number of aryl methyl sites for hydroxylation is 1. The molecule has 0 bridgehead atoms. The number of hydrogen-bond donors (Lipinski definition) is 0. The lowest BCUT2D eigenvalue weighted by atomic mass is 10.0. The maximum atomic E-state index is 10.9. The van der Waals surface area contributed by atoms with Gasteiger partial charge in [-0.2, -0.15) is 0 Å². The van der Waals surface area contributed by atoms with Crippen molar-refractivity contribution < 1.29 is 9.53 Å². The van der Waals surface area contributed by atoms with Gasteiger partial charge in [-0.1, -0.05) is 50.6 Å². The van der Waals surface area contributed by atoms with Crippen molar-refractivity contribution in [2.24, 2.45) is 0 Å². The summed E-state index contributed by atoms with van der Waals surface area (Å²) in [5.74, 6) is -0.222. The van der Waals surface area contributed by atoms with Crippen LogP contribution in [0.4, 0.5) is 0 Å². The van der Waals surface area contributed by atoms with Crippen LogP contribution in [-0.4, -0.2) is 12.6 Å². The Kier molecular flexibility index (Phi) is 6.20. The molecule has 0 heterocycles. The molecule has 18 heavy (non-hydrogen) atoms. The van der Waals surface area contributed by atoms with Crippen LogP contribution in [0.1, 0.15) is 44.7 Å². The summed E-state index contributed by atoms with van der Waals surface area (Å²) >= 11 is 0. The van der Waals surface area contributed by atoms with E-state index in [1.165, 1.54) is 23.6 Å². The fraction of sp³-hybridized carbons (Fsp3) is 0.438. The number of ether oxygens (including phenoxy) is 1. The van der Waals surface area contributed by atoms with Gasteiger partial charge in [0, 0.05) is 6.92 Å². The number of rotatable bonds is 6. The zero-order valence-electron chi connectivity index (χ0n) is 11.5. The Morgan fingerprint density at radius 1 is 1.28 bits per heavy atom. The lowest BCUT2D eigenvalue weighted by Gasteiger charge is -2.09. The van der Waals surface area contributed by atoms with Gasteiger partial charge in [-0.15, -0.1) is 0 Å². The van der Waals surface area contributed by atoms with E-state index >= 15 is 0 Å². The molecule has 0 amide bonds. The molecule has 2 nitrogen and oxygen atoms in total. The SMILES string of the molecule is CCC/C(=C\c1ccccc1CC)COC(C)=O. The molecule has 0 saturated carbocycles. The van der Waals surface area contributed by atoms with Crippen LogP contribution in [-0.2, 0) is 16.0 Å². The molecule has 0 unspecified atom stereocenters. The van der Waals surface area contributed by atoms with Crippen LogP contribution < -0.4 is 0 Å². The topological polar surface area (TPSA) is 26.3 Å². The van der Waals surface area contributed by atoms with Crippen molar-refractivity contribution in [2.75, 3.05) is 6.61 Å². The van der Waals surface area contributed by atoms with Crippen molar-refractivity contribution in [1.82, 2.24) is 0 Å². The Bertz CT molecular complexity index is 419. The first kappa shape index (κ1) is 14.5. The average molecular weight is 246 g/mol. The molecule has 0 radical (unpaired) electrons. The van der Waals surface area contributed by atoms with Crippen molar-refractivity contribution >= 4 is 12.0 Å². The second kappa shape index (κ2) is 7.70. The number of esters is 1. The lowest BCUT2D eigenvalue weighted by molar-refractivity contribution is -0.140. The lowest BCUT2D eigenvalue weighted by Crippen LogP contribution is -2.03. The largest absolute Gasteiger partial charge is 0.461 e. The summed E-state index contributed by atoms with van der Waals surface area (Å²) in [5, 5.41) is 0. The van der Waals surface area contributed by atoms with Crippen LogP contribution in [0.2, 0.25) is 0 Å². The predicted molar refractivity (Wildman–Crippen MR) is 75.3 cm³/mol. The van der Waals surface area contributed by atoms with E-state index in [4.69, 9.17) is 4.74 Å². The van der Waals surface area contributed by atoms with Crippen LogP contribution in [0, 0.1) is 0 Å². The van der Waals surface area contributed by atoms with Crippen LogP contribution in [0.25, 0.3) is 6.08 Å². The van der Waals surface area contributed by atoms with Crippen LogP contribution >= 0.6 is 0 Å². The smallest absolute Gasteiger partial charge is 0.302 e. The molecule has 1 rings (SSSR count). The fourth-order valence-corrected chi connectivity index (χ4v) is 1.92. The van der Waals surface area contributed by atoms with Gasteiger partial charge in [0.15, 0.2) is 0 Å². The summed E-state index contributed by atoms with van der Waals surface area (Å²) in [5.41, 5.74) is 3.73. The van der Waals surface area contributed by atoms with E-state index in [2.05, 4.69) is 38.1 Å². The molecule has 0 fully saturated rings. The number of benzene rings is 1. The highest BCUT2D eigenvalue weighted by Gasteiger charge is 2.02. The second-order valence-corrected chi connectivity index (χ2v) is 4.39. The van der Waals surface area contributed by atoms with Crippen molar-refractivity contribution in [2.45, 2.75) is 40.0 Å². The van der Waals surface area contributed by atoms with E-state index in [1.54, 1.807) is 0 Å². The van der Waals surface area contributed by atoms with Crippen molar-refractivity contribution in [3.05, 3.63) is 41.0 Å². The molecule has 0 N–H and O–H groups in total. The number of hydrogen-bond acceptors (Lipinski definition) is 2. The van der Waals surface area contributed by atoms with Gasteiger partial charge >= 0.3 is 5.97 Å². The first-order chi connectivity index (χ1) is 8.67. The average Bonchev–Trinajstić information content (AvgIpc) is 2.37. The maximum Gasteiger partial charge on any atom is 0.302 e. The molecule has 0 aliphatic heterocycles. The molecule has 0 aromatic heterocycles. The van der Waals surface area contributed by atoms with Gasteiger partial charge in [-0.25, -0.2) is 0 Å². The molecule has 0 spiro atoms. The number of carbonyl (C=O) groups excluding carboxylic acids is 1. The molecule has 0 saturated heterocycles. The third-order valence-corrected chi connectivity index (χ3v) is 2.83. The molecule has 0 atom stereocenters. The van der Waals surface area contributed by atoms with Gasteiger partial charge < -0.3 is 4.74 Å². The maximum absolute atomic E-state index is 10.9. The predicted octanol–water partition coefficient (Wildman–Crippen LogP) is 4.00. The third-order valence-electron chi connectivity index (χ3n) is 2.83. The van der Waals surface area contributed by atoms with Crippen LogP contribution in [0.15, 0.2) is 29.8 Å². The Balaban J connectivity index is 2.88. The highest BCUT2D eigenvalue weighted by molar-refractivity contribution is 5.66. The normalized spacial score (nSPS) is 11.4. The summed E-state index contributed by atoms with van der Waals surface area (Å²) < 4.78 is 5.10. The van der Waals surface area contributed by atoms with E-state index in [-0.39, 0.29) is 5.97 Å². The van der Waals surface area contributed by atoms with Gasteiger partial charge in [0.25, 0.3) is 0 Å². The van der Waals surface area contributed by atoms with Crippen molar-refractivity contribution in [3.63, 3.8) is 0 Å². The number of carbonyl (C=O) groups is 1. The minimum atomic E-state index is -0.222. The Morgan fingerprint density at radius 3 is 2.61 bits per heavy atom. The Morgan fingerprint density at radius 2 is 2.00 bits per heavy atom. The van der Waals surface area contributed by atoms with Gasteiger partial charge in [0.1, 0.15) is 6.61 Å². The van der Waals surface area contributed by atoms with E-state index in [0.717, 1.165) is 19.3 Å². The molecule has 1 aromatic carbocycles. The third kappa shape index (κ3) is 4.74. The van der Waals surface area contributed by atoms with E-state index in [0.29, 0.717) is 6.61 Å². The molecule has 0 aliphatic rings. The molecule has 98 valence electrons. The Labute approximate surface area is 110 Å². The second-order valence-electron chi connectivity index (χ2n) is 4.39. The monoisotopic (exact) mass is 246 g/mol. The molecular weight excluding hydrogens is 224 g/mol. The Hall–Kier alpha value is -1.57. The first-order valence-electron chi connectivity index (χ1n) is 6.58. The van der Waals surface area contributed by atoms with Crippen molar-refractivity contribution in [1.29, 1.82) is 0 Å². The summed E-state index contributed by atoms with van der Waals surface area (Å²) in [7, 11) is 0. The molecule has 1 aromatic rings. The van der Waals surface area contributed by atoms with E-state index in [1.807, 2.05) is 6.07 Å². The standard InChI is InChI=1S/C16H22O2/c1-4-8-14(12-18-13(3)17)11-16-10-7-6-9-15(16)5-2/h6-7,9-11H,4-5,8,12H2,1-3H3/b14-11+. The quantitative estimate of drug-likeness (QED) is 0.709. The first-order valence-corrected chi connectivity index (χ1v) is 6.58. The fourth-order valence-electron chi connectivity index (χ4n) is 1.92. The summed E-state index contributed by atoms with van der Waals surface area (Å²) in [6.45, 7) is 6.14. The molecule has 0 aliphatic carbocycles. The van der Waals surface area contributed by atoms with Crippen LogP contribution in [0.3, 0.4) is 0 Å². The van der Waals surface area contributed by atoms with Gasteiger partial charge in [0.05, 0.1) is 0 Å².